The quantitative estimate of drug-likeness (QED) is 0.654. The van der Waals surface area contributed by atoms with Crippen molar-refractivity contribution in [3.8, 4) is 0 Å². The second kappa shape index (κ2) is 4.30. The molecule has 2 aliphatic rings. The summed E-state index contributed by atoms with van der Waals surface area (Å²) < 4.78 is 0. The van der Waals surface area contributed by atoms with Gasteiger partial charge in [0.15, 0.2) is 0 Å². The number of hydrogen-bond acceptors (Lipinski definition) is 2. The summed E-state index contributed by atoms with van der Waals surface area (Å²) in [5.74, 6) is 1.65. The molecule has 0 bridgehead atoms. The Morgan fingerprint density at radius 3 is 2.50 bits per heavy atom. The molecule has 1 amide bonds. The largest absolute Gasteiger partial charge is 0.353 e. The summed E-state index contributed by atoms with van der Waals surface area (Å²) in [5.41, 5.74) is 0. The van der Waals surface area contributed by atoms with E-state index in [0.717, 1.165) is 19.0 Å². The van der Waals surface area contributed by atoms with Gasteiger partial charge in [-0.25, -0.2) is 0 Å². The van der Waals surface area contributed by atoms with Gasteiger partial charge in [0.05, 0.1) is 6.04 Å². The highest BCUT2D eigenvalue weighted by Crippen LogP contribution is 2.30. The predicted octanol–water partition coefficient (Wildman–Crippen LogP) is 0.901. The Morgan fingerprint density at radius 1 is 1.14 bits per heavy atom. The molecule has 0 radical (unpaired) electrons. The molecular formula is C11H20N2O. The fourth-order valence-corrected chi connectivity index (χ4v) is 2.62. The van der Waals surface area contributed by atoms with Crippen molar-refractivity contribution in [3.05, 3.63) is 0 Å². The van der Waals surface area contributed by atoms with E-state index >= 15 is 0 Å². The molecule has 1 aliphatic carbocycles. The molecule has 3 nitrogen and oxygen atoms in total. The maximum absolute atomic E-state index is 11.6. The predicted molar refractivity (Wildman–Crippen MR) is 55.9 cm³/mol. The van der Waals surface area contributed by atoms with E-state index < -0.39 is 0 Å². The lowest BCUT2D eigenvalue weighted by molar-refractivity contribution is -0.126. The lowest BCUT2D eigenvalue weighted by Gasteiger charge is -2.34. The van der Waals surface area contributed by atoms with Gasteiger partial charge in [0.1, 0.15) is 0 Å². The van der Waals surface area contributed by atoms with Gasteiger partial charge in [0, 0.05) is 13.1 Å². The maximum atomic E-state index is 11.6. The van der Waals surface area contributed by atoms with Crippen LogP contribution in [-0.4, -0.2) is 25.0 Å². The number of carbonyl (C=O) groups is 1. The Labute approximate surface area is 85.6 Å². The monoisotopic (exact) mass is 196 g/mol. The van der Waals surface area contributed by atoms with Crippen molar-refractivity contribution in [2.75, 3.05) is 13.1 Å². The molecule has 1 atom stereocenters. The average molecular weight is 196 g/mol. The molecule has 1 heterocycles. The van der Waals surface area contributed by atoms with Crippen LogP contribution in [0.3, 0.4) is 0 Å². The minimum Gasteiger partial charge on any atom is -0.353 e. The second-order valence-corrected chi connectivity index (χ2v) is 4.74. The zero-order valence-electron chi connectivity index (χ0n) is 8.88. The first-order chi connectivity index (χ1) is 6.77. The van der Waals surface area contributed by atoms with Crippen LogP contribution in [0.4, 0.5) is 0 Å². The molecule has 0 spiro atoms. The molecule has 1 saturated heterocycles. The van der Waals surface area contributed by atoms with Gasteiger partial charge in [0.2, 0.25) is 5.91 Å². The van der Waals surface area contributed by atoms with E-state index in [4.69, 9.17) is 0 Å². The number of piperazine rings is 1. The summed E-state index contributed by atoms with van der Waals surface area (Å²) in [6.07, 6.45) is 5.00. The summed E-state index contributed by atoms with van der Waals surface area (Å²) in [7, 11) is 0. The Morgan fingerprint density at radius 2 is 1.86 bits per heavy atom. The van der Waals surface area contributed by atoms with Gasteiger partial charge in [-0.15, -0.1) is 0 Å². The first kappa shape index (κ1) is 9.97. The lowest BCUT2D eigenvalue weighted by Crippen LogP contribution is -2.56. The molecule has 80 valence electrons. The molecule has 0 aromatic heterocycles. The Kier molecular flexibility index (Phi) is 3.06. The topological polar surface area (TPSA) is 41.1 Å². The van der Waals surface area contributed by atoms with Gasteiger partial charge in [0.25, 0.3) is 0 Å². The summed E-state index contributed by atoms with van der Waals surface area (Å²) in [4.78, 5) is 11.6. The SMILES string of the molecule is CC1CCC(C2NCCNC2=O)CC1. The smallest absolute Gasteiger partial charge is 0.237 e. The van der Waals surface area contributed by atoms with E-state index in [2.05, 4.69) is 17.6 Å². The summed E-state index contributed by atoms with van der Waals surface area (Å²) in [6, 6.07) is 0.0937. The van der Waals surface area contributed by atoms with Crippen LogP contribution in [0.15, 0.2) is 0 Å². The minimum absolute atomic E-state index is 0.0937. The molecular weight excluding hydrogens is 176 g/mol. The number of nitrogens with one attached hydrogen (secondary N) is 2. The number of amides is 1. The molecule has 3 heteroatoms. The number of hydrogen-bond donors (Lipinski definition) is 2. The first-order valence-electron chi connectivity index (χ1n) is 5.78. The van der Waals surface area contributed by atoms with Crippen molar-refractivity contribution in [2.24, 2.45) is 11.8 Å². The summed E-state index contributed by atoms with van der Waals surface area (Å²) in [5, 5.41) is 6.28. The van der Waals surface area contributed by atoms with E-state index in [1.165, 1.54) is 25.7 Å². The highest BCUT2D eigenvalue weighted by Gasteiger charge is 2.32. The van der Waals surface area contributed by atoms with Gasteiger partial charge in [-0.3, -0.25) is 4.79 Å². The van der Waals surface area contributed by atoms with Crippen LogP contribution in [-0.2, 0) is 4.79 Å². The third-order valence-corrected chi connectivity index (χ3v) is 3.60. The Bertz CT molecular complexity index is 209. The van der Waals surface area contributed by atoms with Gasteiger partial charge in [-0.1, -0.05) is 19.8 Å². The molecule has 1 saturated carbocycles. The van der Waals surface area contributed by atoms with Crippen molar-refractivity contribution in [3.63, 3.8) is 0 Å². The third-order valence-electron chi connectivity index (χ3n) is 3.60. The summed E-state index contributed by atoms with van der Waals surface area (Å²) >= 11 is 0. The van der Waals surface area contributed by atoms with E-state index in [1.807, 2.05) is 0 Å². The second-order valence-electron chi connectivity index (χ2n) is 4.74. The van der Waals surface area contributed by atoms with Gasteiger partial charge in [-0.05, 0) is 24.7 Å². The molecule has 2 rings (SSSR count). The fourth-order valence-electron chi connectivity index (χ4n) is 2.62. The van der Waals surface area contributed by atoms with Gasteiger partial charge < -0.3 is 10.6 Å². The van der Waals surface area contributed by atoms with Crippen molar-refractivity contribution in [1.29, 1.82) is 0 Å². The maximum Gasteiger partial charge on any atom is 0.237 e. The normalized spacial score (nSPS) is 39.2. The third kappa shape index (κ3) is 2.08. The molecule has 14 heavy (non-hydrogen) atoms. The highest BCUT2D eigenvalue weighted by molar-refractivity contribution is 5.82. The van der Waals surface area contributed by atoms with Crippen LogP contribution in [0.1, 0.15) is 32.6 Å². The van der Waals surface area contributed by atoms with E-state index in [0.29, 0.717) is 5.92 Å². The fraction of sp³-hybridized carbons (Fsp3) is 0.909. The number of rotatable bonds is 1. The lowest BCUT2D eigenvalue weighted by atomic mass is 9.78. The zero-order valence-corrected chi connectivity index (χ0v) is 8.88. The van der Waals surface area contributed by atoms with Crippen LogP contribution >= 0.6 is 0 Å². The van der Waals surface area contributed by atoms with Crippen LogP contribution in [0.25, 0.3) is 0 Å². The Hall–Kier alpha value is -0.570. The van der Waals surface area contributed by atoms with Crippen LogP contribution < -0.4 is 10.6 Å². The van der Waals surface area contributed by atoms with E-state index in [9.17, 15) is 4.79 Å². The van der Waals surface area contributed by atoms with Gasteiger partial charge >= 0.3 is 0 Å². The number of carbonyl (C=O) groups excluding carboxylic acids is 1. The van der Waals surface area contributed by atoms with Crippen LogP contribution in [0.5, 0.6) is 0 Å². The molecule has 0 aromatic rings. The van der Waals surface area contributed by atoms with Crippen molar-refractivity contribution >= 4 is 5.91 Å². The molecule has 2 N–H and O–H groups in total. The van der Waals surface area contributed by atoms with E-state index in [-0.39, 0.29) is 11.9 Å². The molecule has 0 aromatic carbocycles. The Balaban J connectivity index is 1.90. The van der Waals surface area contributed by atoms with Crippen molar-refractivity contribution in [2.45, 2.75) is 38.6 Å². The summed E-state index contributed by atoms with van der Waals surface area (Å²) in [6.45, 7) is 4.03. The first-order valence-corrected chi connectivity index (χ1v) is 5.78. The molecule has 2 fully saturated rings. The zero-order chi connectivity index (χ0) is 9.97. The molecule has 1 unspecified atom stereocenters. The minimum atomic E-state index is 0.0937. The highest BCUT2D eigenvalue weighted by atomic mass is 16.2. The van der Waals surface area contributed by atoms with Crippen molar-refractivity contribution in [1.82, 2.24) is 10.6 Å². The van der Waals surface area contributed by atoms with Crippen molar-refractivity contribution < 1.29 is 4.79 Å². The van der Waals surface area contributed by atoms with E-state index in [1.54, 1.807) is 0 Å². The average Bonchev–Trinajstić information content (AvgIpc) is 2.20. The van der Waals surface area contributed by atoms with Crippen LogP contribution in [0, 0.1) is 11.8 Å². The van der Waals surface area contributed by atoms with Crippen LogP contribution in [0.2, 0.25) is 0 Å². The van der Waals surface area contributed by atoms with Gasteiger partial charge in [-0.2, -0.15) is 0 Å². The standard InChI is InChI=1S/C11H20N2O/c1-8-2-4-9(5-3-8)10-11(14)13-7-6-12-10/h8-10,12H,2-7H2,1H3,(H,13,14). The molecule has 1 aliphatic heterocycles.